The lowest BCUT2D eigenvalue weighted by Crippen LogP contribution is -2.53. The highest BCUT2D eigenvalue weighted by molar-refractivity contribution is 6.04. The molecular formula is C27H34FN3O4. The van der Waals surface area contributed by atoms with E-state index in [9.17, 15) is 18.8 Å². The number of hydrogen-bond acceptors (Lipinski definition) is 4. The van der Waals surface area contributed by atoms with Crippen LogP contribution in [0.15, 0.2) is 48.5 Å². The van der Waals surface area contributed by atoms with Gasteiger partial charge in [0, 0.05) is 18.8 Å². The van der Waals surface area contributed by atoms with Crippen LogP contribution in [0, 0.1) is 12.7 Å². The molecule has 1 aliphatic rings. The van der Waals surface area contributed by atoms with Crippen molar-refractivity contribution >= 4 is 23.6 Å². The first-order chi connectivity index (χ1) is 16.7. The van der Waals surface area contributed by atoms with E-state index < -0.39 is 29.9 Å². The number of carbonyl (C=O) groups excluding carboxylic acids is 3. The van der Waals surface area contributed by atoms with Gasteiger partial charge in [-0.25, -0.2) is 9.18 Å². The van der Waals surface area contributed by atoms with Crippen molar-refractivity contribution in [1.82, 2.24) is 10.2 Å². The molecule has 2 aromatic rings. The van der Waals surface area contributed by atoms with Gasteiger partial charge in [0.25, 0.3) is 5.91 Å². The Morgan fingerprint density at radius 1 is 1.06 bits per heavy atom. The number of aryl methyl sites for hydroxylation is 1. The maximum Gasteiger partial charge on any atom is 0.409 e. The lowest BCUT2D eigenvalue weighted by molar-refractivity contribution is -0.128. The highest BCUT2D eigenvalue weighted by Gasteiger charge is 2.38. The summed E-state index contributed by atoms with van der Waals surface area (Å²) in [5, 5.41) is 3.13. The molecule has 0 saturated heterocycles. The van der Waals surface area contributed by atoms with E-state index in [1.807, 2.05) is 25.1 Å². The fourth-order valence-electron chi connectivity index (χ4n) is 4.52. The van der Waals surface area contributed by atoms with Crippen LogP contribution in [-0.2, 0) is 14.3 Å². The van der Waals surface area contributed by atoms with Crippen molar-refractivity contribution < 1.29 is 23.5 Å². The highest BCUT2D eigenvalue weighted by Crippen LogP contribution is 2.32. The molecular weight excluding hydrogens is 449 g/mol. The maximum absolute atomic E-state index is 14.3. The van der Waals surface area contributed by atoms with Crippen LogP contribution < -0.4 is 10.2 Å². The molecule has 1 unspecified atom stereocenters. The molecule has 7 nitrogen and oxygen atoms in total. The standard InChI is InChI=1S/C27H34FN3O4/c1-18-11-8-9-16-23(18)24(25(32)29-21-13-6-5-7-14-21)31(22-15-10-12-20(28)17-22)26(33)19(2)30(3)27(34)35-4/h8-12,15-17,19,21,24H,5-7,13-14H2,1-4H3,(H,29,32)/t19-,24?/m0/s1. The Balaban J connectivity index is 2.11. The number of methoxy groups -OCH3 is 1. The van der Waals surface area contributed by atoms with E-state index in [2.05, 4.69) is 5.32 Å². The van der Waals surface area contributed by atoms with Crippen molar-refractivity contribution in [3.63, 3.8) is 0 Å². The van der Waals surface area contributed by atoms with E-state index in [1.165, 1.54) is 37.3 Å². The lowest BCUT2D eigenvalue weighted by atomic mass is 9.93. The van der Waals surface area contributed by atoms with Gasteiger partial charge in [-0.3, -0.25) is 19.4 Å². The molecule has 1 N–H and O–H groups in total. The Morgan fingerprint density at radius 2 is 1.74 bits per heavy atom. The van der Waals surface area contributed by atoms with E-state index >= 15 is 0 Å². The number of ether oxygens (including phenoxy) is 1. The van der Waals surface area contributed by atoms with Crippen LogP contribution in [0.1, 0.15) is 56.2 Å². The van der Waals surface area contributed by atoms with E-state index in [-0.39, 0.29) is 17.6 Å². The second-order valence-electron chi connectivity index (χ2n) is 9.05. The molecule has 0 aromatic heterocycles. The van der Waals surface area contributed by atoms with E-state index in [1.54, 1.807) is 19.1 Å². The van der Waals surface area contributed by atoms with Gasteiger partial charge in [0.05, 0.1) is 7.11 Å². The van der Waals surface area contributed by atoms with Crippen molar-refractivity contribution in [1.29, 1.82) is 0 Å². The first kappa shape index (κ1) is 26.2. The SMILES string of the molecule is COC(=O)N(C)[C@@H](C)C(=O)N(c1cccc(F)c1)C(C(=O)NC1CCCCC1)c1ccccc1C. The molecule has 1 fully saturated rings. The molecule has 0 heterocycles. The predicted molar refractivity (Wildman–Crippen MR) is 132 cm³/mol. The lowest BCUT2D eigenvalue weighted by Gasteiger charge is -2.36. The highest BCUT2D eigenvalue weighted by atomic mass is 19.1. The number of anilines is 1. The third-order valence-electron chi connectivity index (χ3n) is 6.67. The first-order valence-corrected chi connectivity index (χ1v) is 12.0. The molecule has 3 rings (SSSR count). The number of nitrogens with one attached hydrogen (secondary N) is 1. The zero-order chi connectivity index (χ0) is 25.5. The number of carbonyl (C=O) groups is 3. The summed E-state index contributed by atoms with van der Waals surface area (Å²) in [6.07, 6.45) is 4.27. The van der Waals surface area contributed by atoms with Crippen LogP contribution in [0.2, 0.25) is 0 Å². The molecule has 0 spiro atoms. The van der Waals surface area contributed by atoms with Crippen LogP contribution in [-0.4, -0.2) is 49.0 Å². The van der Waals surface area contributed by atoms with Crippen molar-refractivity contribution in [2.75, 3.05) is 19.1 Å². The normalized spacial score (nSPS) is 15.6. The van der Waals surface area contributed by atoms with Gasteiger partial charge in [0.2, 0.25) is 5.91 Å². The Morgan fingerprint density at radius 3 is 2.37 bits per heavy atom. The van der Waals surface area contributed by atoms with Gasteiger partial charge in [0.15, 0.2) is 0 Å². The molecule has 3 amide bonds. The average Bonchev–Trinajstić information content (AvgIpc) is 2.86. The summed E-state index contributed by atoms with van der Waals surface area (Å²) >= 11 is 0. The third kappa shape index (κ3) is 6.18. The van der Waals surface area contributed by atoms with Gasteiger partial charge in [-0.2, -0.15) is 0 Å². The first-order valence-electron chi connectivity index (χ1n) is 12.0. The van der Waals surface area contributed by atoms with Gasteiger partial charge >= 0.3 is 6.09 Å². The van der Waals surface area contributed by atoms with Crippen molar-refractivity contribution in [3.05, 3.63) is 65.5 Å². The minimum Gasteiger partial charge on any atom is -0.453 e. The molecule has 0 radical (unpaired) electrons. The van der Waals surface area contributed by atoms with E-state index in [0.717, 1.165) is 42.6 Å². The number of benzene rings is 2. The molecule has 35 heavy (non-hydrogen) atoms. The minimum absolute atomic E-state index is 0.0161. The number of halogens is 1. The minimum atomic E-state index is -1.05. The molecule has 2 aromatic carbocycles. The fraction of sp³-hybridized carbons (Fsp3) is 0.444. The zero-order valence-electron chi connectivity index (χ0n) is 20.8. The average molecular weight is 484 g/mol. The summed E-state index contributed by atoms with van der Waals surface area (Å²) in [5.74, 6) is -1.40. The molecule has 2 atom stereocenters. The summed E-state index contributed by atoms with van der Waals surface area (Å²) in [6, 6.07) is 10.9. The Bertz CT molecular complexity index is 1050. The number of rotatable bonds is 7. The molecule has 1 saturated carbocycles. The maximum atomic E-state index is 14.3. The van der Waals surface area contributed by atoms with Gasteiger partial charge in [-0.05, 0) is 56.0 Å². The van der Waals surface area contributed by atoms with E-state index in [4.69, 9.17) is 4.74 Å². The van der Waals surface area contributed by atoms with Gasteiger partial charge in [-0.1, -0.05) is 49.6 Å². The van der Waals surface area contributed by atoms with Crippen molar-refractivity contribution in [3.8, 4) is 0 Å². The van der Waals surface area contributed by atoms with Gasteiger partial charge in [-0.15, -0.1) is 0 Å². The number of hydrogen-bond donors (Lipinski definition) is 1. The molecule has 8 heteroatoms. The summed E-state index contributed by atoms with van der Waals surface area (Å²) in [6.45, 7) is 3.42. The van der Waals surface area contributed by atoms with Crippen LogP contribution >= 0.6 is 0 Å². The van der Waals surface area contributed by atoms with Crippen LogP contribution in [0.3, 0.4) is 0 Å². The number of amides is 3. The summed E-state index contributed by atoms with van der Waals surface area (Å²) in [4.78, 5) is 42.4. The second kappa shape index (κ2) is 11.8. The summed E-state index contributed by atoms with van der Waals surface area (Å²) in [5.41, 5.74) is 1.68. The molecule has 188 valence electrons. The van der Waals surface area contributed by atoms with Crippen molar-refractivity contribution in [2.45, 2.75) is 64.1 Å². The number of nitrogens with zero attached hydrogens (tertiary/aromatic N) is 2. The summed E-state index contributed by atoms with van der Waals surface area (Å²) in [7, 11) is 2.68. The molecule has 0 aliphatic heterocycles. The monoisotopic (exact) mass is 483 g/mol. The number of likely N-dealkylation sites (N-methyl/N-ethyl adjacent to an activating group) is 1. The van der Waals surface area contributed by atoms with Gasteiger partial charge in [0.1, 0.15) is 17.9 Å². The second-order valence-corrected chi connectivity index (χ2v) is 9.05. The van der Waals surface area contributed by atoms with Crippen LogP contribution in [0.4, 0.5) is 14.9 Å². The smallest absolute Gasteiger partial charge is 0.409 e. The van der Waals surface area contributed by atoms with Crippen LogP contribution in [0.5, 0.6) is 0 Å². The topological polar surface area (TPSA) is 79.0 Å². The Kier molecular flexibility index (Phi) is 8.84. The van der Waals surface area contributed by atoms with Crippen LogP contribution in [0.25, 0.3) is 0 Å². The molecule has 0 bridgehead atoms. The Labute approximate surface area is 206 Å². The fourth-order valence-corrected chi connectivity index (χ4v) is 4.52. The zero-order valence-corrected chi connectivity index (χ0v) is 20.8. The van der Waals surface area contributed by atoms with Crippen molar-refractivity contribution in [2.24, 2.45) is 0 Å². The molecule has 1 aliphatic carbocycles. The predicted octanol–water partition coefficient (Wildman–Crippen LogP) is 4.74. The largest absolute Gasteiger partial charge is 0.453 e. The summed E-state index contributed by atoms with van der Waals surface area (Å²) < 4.78 is 19.1. The Hall–Kier alpha value is -3.42. The third-order valence-corrected chi connectivity index (χ3v) is 6.67. The van der Waals surface area contributed by atoms with Gasteiger partial charge < -0.3 is 10.1 Å². The van der Waals surface area contributed by atoms with E-state index in [0.29, 0.717) is 5.56 Å². The quantitative estimate of drug-likeness (QED) is 0.617.